The van der Waals surface area contributed by atoms with Crippen molar-refractivity contribution in [1.29, 1.82) is 5.26 Å². The third kappa shape index (κ3) is 2.18. The van der Waals surface area contributed by atoms with Gasteiger partial charge in [-0.2, -0.15) is 10.2 Å². The Hall–Kier alpha value is -1.99. The molecule has 102 valence electrons. The quantitative estimate of drug-likeness (QED) is 0.452. The van der Waals surface area contributed by atoms with Gasteiger partial charge in [-0.1, -0.05) is 0 Å². The SMILES string of the molecule is N#Cc1cn([C@H]2O[C@@H](CO)[C@@H](O)[C@H]2O)c(=O)nc1N. The minimum atomic E-state index is -1.42. The van der Waals surface area contributed by atoms with Crippen molar-refractivity contribution in [2.45, 2.75) is 24.5 Å². The molecule has 0 radical (unpaired) electrons. The lowest BCUT2D eigenvalue weighted by atomic mass is 10.1. The Morgan fingerprint density at radius 2 is 2.21 bits per heavy atom. The van der Waals surface area contributed by atoms with Crippen LogP contribution in [0.5, 0.6) is 0 Å². The Kier molecular flexibility index (Phi) is 3.50. The minimum Gasteiger partial charge on any atom is -0.394 e. The van der Waals surface area contributed by atoms with Gasteiger partial charge in [-0.05, 0) is 0 Å². The third-order valence-corrected chi connectivity index (χ3v) is 2.89. The van der Waals surface area contributed by atoms with E-state index < -0.39 is 36.8 Å². The average Bonchev–Trinajstić information content (AvgIpc) is 2.67. The molecule has 2 heterocycles. The van der Waals surface area contributed by atoms with Crippen LogP contribution >= 0.6 is 0 Å². The average molecular weight is 268 g/mol. The zero-order chi connectivity index (χ0) is 14.2. The summed E-state index contributed by atoms with van der Waals surface area (Å²) in [4.78, 5) is 15.1. The lowest BCUT2D eigenvalue weighted by molar-refractivity contribution is -0.0549. The van der Waals surface area contributed by atoms with Crippen LogP contribution in [0.15, 0.2) is 11.0 Å². The van der Waals surface area contributed by atoms with Gasteiger partial charge in [0, 0.05) is 6.20 Å². The number of nitrogens with two attached hydrogens (primary N) is 1. The Morgan fingerprint density at radius 3 is 2.74 bits per heavy atom. The maximum atomic E-state index is 11.7. The summed E-state index contributed by atoms with van der Waals surface area (Å²) >= 11 is 0. The van der Waals surface area contributed by atoms with Crippen LogP contribution in [0.25, 0.3) is 0 Å². The van der Waals surface area contributed by atoms with Crippen LogP contribution < -0.4 is 11.4 Å². The fourth-order valence-corrected chi connectivity index (χ4v) is 1.86. The number of nitrogens with zero attached hydrogens (tertiary/aromatic N) is 3. The molecule has 0 aliphatic carbocycles. The van der Waals surface area contributed by atoms with Crippen LogP contribution in [0.4, 0.5) is 5.82 Å². The molecule has 9 nitrogen and oxygen atoms in total. The van der Waals surface area contributed by atoms with E-state index in [2.05, 4.69) is 4.98 Å². The number of anilines is 1. The number of nitriles is 1. The Bertz CT molecular complexity index is 580. The second kappa shape index (κ2) is 4.94. The normalized spacial score (nSPS) is 30.2. The van der Waals surface area contributed by atoms with Gasteiger partial charge in [-0.15, -0.1) is 0 Å². The molecule has 1 fully saturated rings. The fraction of sp³-hybridized carbons (Fsp3) is 0.500. The third-order valence-electron chi connectivity index (χ3n) is 2.89. The van der Waals surface area contributed by atoms with Gasteiger partial charge in [0.25, 0.3) is 0 Å². The van der Waals surface area contributed by atoms with Crippen molar-refractivity contribution in [3.63, 3.8) is 0 Å². The van der Waals surface area contributed by atoms with E-state index >= 15 is 0 Å². The van der Waals surface area contributed by atoms with Gasteiger partial charge >= 0.3 is 5.69 Å². The van der Waals surface area contributed by atoms with Crippen LogP contribution in [0.3, 0.4) is 0 Å². The molecule has 4 atom stereocenters. The van der Waals surface area contributed by atoms with E-state index in [1.807, 2.05) is 0 Å². The predicted molar refractivity (Wildman–Crippen MR) is 60.6 cm³/mol. The highest BCUT2D eigenvalue weighted by molar-refractivity contribution is 5.45. The number of ether oxygens (including phenoxy) is 1. The van der Waals surface area contributed by atoms with Gasteiger partial charge in [0.1, 0.15) is 35.8 Å². The summed E-state index contributed by atoms with van der Waals surface area (Å²) in [5.74, 6) is -0.226. The second-order valence-electron chi connectivity index (χ2n) is 4.07. The van der Waals surface area contributed by atoms with Crippen molar-refractivity contribution in [2.75, 3.05) is 12.3 Å². The van der Waals surface area contributed by atoms with Crippen molar-refractivity contribution in [2.24, 2.45) is 0 Å². The molecule has 0 bridgehead atoms. The molecule has 19 heavy (non-hydrogen) atoms. The fourth-order valence-electron chi connectivity index (χ4n) is 1.86. The van der Waals surface area contributed by atoms with Crippen molar-refractivity contribution in [3.05, 3.63) is 22.2 Å². The maximum absolute atomic E-state index is 11.7. The molecule has 5 N–H and O–H groups in total. The highest BCUT2D eigenvalue weighted by Crippen LogP contribution is 2.28. The summed E-state index contributed by atoms with van der Waals surface area (Å²) < 4.78 is 6.02. The van der Waals surface area contributed by atoms with Gasteiger partial charge in [-0.25, -0.2) is 4.79 Å². The number of hydrogen-bond acceptors (Lipinski definition) is 8. The second-order valence-corrected chi connectivity index (χ2v) is 4.07. The monoisotopic (exact) mass is 268 g/mol. The number of aliphatic hydroxyl groups is 3. The topological polar surface area (TPSA) is 155 Å². The van der Waals surface area contributed by atoms with Crippen LogP contribution in [0, 0.1) is 11.3 Å². The summed E-state index contributed by atoms with van der Waals surface area (Å²) in [7, 11) is 0. The summed E-state index contributed by atoms with van der Waals surface area (Å²) in [6.07, 6.45) is -3.93. The molecule has 1 aliphatic rings. The Labute approximate surface area is 107 Å². The van der Waals surface area contributed by atoms with Gasteiger partial charge in [0.05, 0.1) is 6.61 Å². The summed E-state index contributed by atoms with van der Waals surface area (Å²) in [6.45, 7) is -0.517. The maximum Gasteiger partial charge on any atom is 0.351 e. The van der Waals surface area contributed by atoms with Crippen molar-refractivity contribution in [1.82, 2.24) is 9.55 Å². The number of aliphatic hydroxyl groups excluding tert-OH is 3. The first-order valence-electron chi connectivity index (χ1n) is 5.40. The van der Waals surface area contributed by atoms with E-state index in [0.29, 0.717) is 0 Å². The van der Waals surface area contributed by atoms with E-state index in [1.165, 1.54) is 0 Å². The molecule has 1 aliphatic heterocycles. The van der Waals surface area contributed by atoms with Crippen LogP contribution in [0.2, 0.25) is 0 Å². The molecule has 1 aromatic heterocycles. The first-order chi connectivity index (χ1) is 8.99. The van der Waals surface area contributed by atoms with E-state index in [1.54, 1.807) is 6.07 Å². The Balaban J connectivity index is 2.44. The number of hydrogen-bond donors (Lipinski definition) is 4. The molecular weight excluding hydrogens is 256 g/mol. The van der Waals surface area contributed by atoms with Gasteiger partial charge in [0.15, 0.2) is 6.23 Å². The van der Waals surface area contributed by atoms with Gasteiger partial charge in [0.2, 0.25) is 0 Å². The number of nitrogen functional groups attached to an aromatic ring is 1. The molecule has 1 saturated heterocycles. The lowest BCUT2D eigenvalue weighted by Crippen LogP contribution is -2.36. The van der Waals surface area contributed by atoms with Crippen LogP contribution in [-0.2, 0) is 4.74 Å². The van der Waals surface area contributed by atoms with Gasteiger partial charge < -0.3 is 25.8 Å². The van der Waals surface area contributed by atoms with E-state index in [0.717, 1.165) is 10.8 Å². The van der Waals surface area contributed by atoms with Crippen molar-refractivity contribution < 1.29 is 20.1 Å². The largest absolute Gasteiger partial charge is 0.394 e. The molecule has 0 amide bonds. The van der Waals surface area contributed by atoms with Crippen LogP contribution in [0.1, 0.15) is 11.8 Å². The summed E-state index contributed by atoms with van der Waals surface area (Å²) in [5, 5.41) is 37.2. The molecule has 2 rings (SSSR count). The molecule has 0 aromatic carbocycles. The predicted octanol–water partition coefficient (Wildman–Crippen LogP) is -2.69. The standard InChI is InChI=1S/C10H12N4O5/c11-1-4-2-14(10(18)13-8(4)12)9-7(17)6(16)5(3-15)19-9/h2,5-7,9,15-17H,3H2,(H2,12,13,18)/t5-,6+,7+,9-/m0/s1. The summed E-state index contributed by atoms with van der Waals surface area (Å²) in [5.41, 5.74) is 4.49. The zero-order valence-electron chi connectivity index (χ0n) is 9.67. The molecular formula is C10H12N4O5. The number of aromatic nitrogens is 2. The van der Waals surface area contributed by atoms with Crippen molar-refractivity contribution >= 4 is 5.82 Å². The van der Waals surface area contributed by atoms with Crippen molar-refractivity contribution in [3.8, 4) is 6.07 Å². The first kappa shape index (κ1) is 13.4. The molecule has 9 heteroatoms. The minimum absolute atomic E-state index is 0.0580. The van der Waals surface area contributed by atoms with E-state index in [-0.39, 0.29) is 11.4 Å². The molecule has 0 spiro atoms. The van der Waals surface area contributed by atoms with Crippen LogP contribution in [-0.4, -0.2) is 49.8 Å². The van der Waals surface area contributed by atoms with E-state index in [4.69, 9.17) is 20.8 Å². The zero-order valence-corrected chi connectivity index (χ0v) is 9.67. The van der Waals surface area contributed by atoms with Gasteiger partial charge in [-0.3, -0.25) is 4.57 Å². The molecule has 0 unspecified atom stereocenters. The highest BCUT2D eigenvalue weighted by atomic mass is 16.6. The smallest absolute Gasteiger partial charge is 0.351 e. The highest BCUT2D eigenvalue weighted by Gasteiger charge is 2.43. The Morgan fingerprint density at radius 1 is 1.53 bits per heavy atom. The first-order valence-corrected chi connectivity index (χ1v) is 5.40. The summed E-state index contributed by atoms with van der Waals surface area (Å²) in [6, 6.07) is 1.74. The lowest BCUT2D eigenvalue weighted by Gasteiger charge is -2.17. The molecule has 0 saturated carbocycles. The number of rotatable bonds is 2. The van der Waals surface area contributed by atoms with E-state index in [9.17, 15) is 15.0 Å². The molecule has 1 aromatic rings.